The molecule has 7 nitrogen and oxygen atoms in total. The maximum absolute atomic E-state index is 11.2. The summed E-state index contributed by atoms with van der Waals surface area (Å²) in [7, 11) is 1.38. The van der Waals surface area contributed by atoms with Gasteiger partial charge in [-0.3, -0.25) is 15.0 Å². The molecule has 128 valence electrons. The third-order valence-electron chi connectivity index (χ3n) is 4.72. The van der Waals surface area contributed by atoms with E-state index in [0.29, 0.717) is 24.2 Å². The zero-order chi connectivity index (χ0) is 17.1. The molecular weight excluding hydrogens is 298 g/mol. The number of phenolic OH excluding ortho intramolecular Hbond substituents is 1. The number of likely N-dealkylation sites (tertiary alicyclic amines) is 1. The molecule has 1 saturated heterocycles. The number of rotatable bonds is 5. The Balaban J connectivity index is 2.48. The zero-order valence-electron chi connectivity index (χ0n) is 13.9. The van der Waals surface area contributed by atoms with Gasteiger partial charge in [-0.2, -0.15) is 0 Å². The van der Waals surface area contributed by atoms with Crippen molar-refractivity contribution in [3.8, 4) is 11.5 Å². The molecule has 1 aliphatic rings. The minimum atomic E-state index is -0.599. The number of nitro benzene ring substituents is 1. The minimum absolute atomic E-state index is 0.102. The standard InChI is InChI=1S/C16H25N3O4/c1-10-5-4-6-11(2)18(10)14(9-17)12-7-13(19(21)22)16(20)15(8-12)23-3/h7-8,10-11,14,20H,4-6,9,17H2,1-3H3. The Morgan fingerprint density at radius 1 is 1.43 bits per heavy atom. The molecular formula is C16H25N3O4. The first kappa shape index (κ1) is 17.5. The molecule has 1 heterocycles. The second kappa shape index (κ2) is 7.14. The first-order valence-corrected chi connectivity index (χ1v) is 7.93. The van der Waals surface area contributed by atoms with Crippen molar-refractivity contribution in [1.82, 2.24) is 4.90 Å². The molecule has 0 aliphatic carbocycles. The molecule has 1 aromatic rings. The van der Waals surface area contributed by atoms with E-state index in [2.05, 4.69) is 18.7 Å². The van der Waals surface area contributed by atoms with Crippen LogP contribution in [0, 0.1) is 10.1 Å². The highest BCUT2D eigenvalue weighted by atomic mass is 16.6. The van der Waals surface area contributed by atoms with Crippen molar-refractivity contribution < 1.29 is 14.8 Å². The summed E-state index contributed by atoms with van der Waals surface area (Å²) in [6, 6.07) is 3.61. The van der Waals surface area contributed by atoms with E-state index < -0.39 is 10.7 Å². The molecule has 3 unspecified atom stereocenters. The van der Waals surface area contributed by atoms with Gasteiger partial charge in [0.05, 0.1) is 12.0 Å². The Hall–Kier alpha value is -1.86. The van der Waals surface area contributed by atoms with Crippen molar-refractivity contribution in [2.75, 3.05) is 13.7 Å². The summed E-state index contributed by atoms with van der Waals surface area (Å²) >= 11 is 0. The number of nitrogens with two attached hydrogens (primary N) is 1. The molecule has 0 radical (unpaired) electrons. The summed E-state index contributed by atoms with van der Waals surface area (Å²) in [6.45, 7) is 4.66. The highest BCUT2D eigenvalue weighted by molar-refractivity contribution is 5.57. The maximum Gasteiger partial charge on any atom is 0.314 e. The normalized spacial score (nSPS) is 23.5. The number of ether oxygens (including phenoxy) is 1. The van der Waals surface area contributed by atoms with Crippen molar-refractivity contribution in [2.24, 2.45) is 5.73 Å². The average Bonchev–Trinajstić information content (AvgIpc) is 2.51. The molecule has 2 rings (SSSR count). The fourth-order valence-corrected chi connectivity index (χ4v) is 3.59. The van der Waals surface area contributed by atoms with Gasteiger partial charge >= 0.3 is 5.69 Å². The highest BCUT2D eigenvalue weighted by Crippen LogP contribution is 2.41. The van der Waals surface area contributed by atoms with Gasteiger partial charge in [0.25, 0.3) is 0 Å². The molecule has 0 amide bonds. The van der Waals surface area contributed by atoms with Crippen molar-refractivity contribution in [3.05, 3.63) is 27.8 Å². The van der Waals surface area contributed by atoms with E-state index in [1.807, 2.05) is 0 Å². The number of methoxy groups -OCH3 is 1. The predicted octanol–water partition coefficient (Wildman–Crippen LogP) is 2.57. The smallest absolute Gasteiger partial charge is 0.314 e. The predicted molar refractivity (Wildman–Crippen MR) is 87.7 cm³/mol. The second-order valence-electron chi connectivity index (χ2n) is 6.18. The van der Waals surface area contributed by atoms with Crippen LogP contribution < -0.4 is 10.5 Å². The zero-order valence-corrected chi connectivity index (χ0v) is 13.9. The number of nitro groups is 1. The molecule has 0 spiro atoms. The molecule has 0 bridgehead atoms. The molecule has 3 atom stereocenters. The summed E-state index contributed by atoms with van der Waals surface area (Å²) in [5.74, 6) is -0.346. The molecule has 1 fully saturated rings. The van der Waals surface area contributed by atoms with Crippen LogP contribution in [-0.4, -0.2) is 40.7 Å². The second-order valence-corrected chi connectivity index (χ2v) is 6.18. The van der Waals surface area contributed by atoms with Gasteiger partial charge in [0, 0.05) is 30.7 Å². The Morgan fingerprint density at radius 3 is 2.52 bits per heavy atom. The monoisotopic (exact) mass is 323 g/mol. The quantitative estimate of drug-likeness (QED) is 0.638. The molecule has 0 saturated carbocycles. The van der Waals surface area contributed by atoms with Crippen LogP contribution in [0.3, 0.4) is 0 Å². The molecule has 1 aliphatic heterocycles. The lowest BCUT2D eigenvalue weighted by molar-refractivity contribution is -0.386. The molecule has 23 heavy (non-hydrogen) atoms. The number of piperidine rings is 1. The van der Waals surface area contributed by atoms with E-state index in [9.17, 15) is 15.2 Å². The van der Waals surface area contributed by atoms with Gasteiger partial charge in [-0.15, -0.1) is 0 Å². The van der Waals surface area contributed by atoms with E-state index >= 15 is 0 Å². The van der Waals surface area contributed by atoms with Gasteiger partial charge < -0.3 is 15.6 Å². The Kier molecular flexibility index (Phi) is 5.43. The summed E-state index contributed by atoms with van der Waals surface area (Å²) in [5, 5.41) is 21.1. The number of hydrogen-bond acceptors (Lipinski definition) is 6. The van der Waals surface area contributed by atoms with Crippen LogP contribution in [0.4, 0.5) is 5.69 Å². The average molecular weight is 323 g/mol. The third kappa shape index (κ3) is 3.40. The lowest BCUT2D eigenvalue weighted by Crippen LogP contribution is -2.48. The van der Waals surface area contributed by atoms with Gasteiger partial charge in [-0.05, 0) is 38.3 Å². The van der Waals surface area contributed by atoms with Crippen LogP contribution in [0.2, 0.25) is 0 Å². The highest BCUT2D eigenvalue weighted by Gasteiger charge is 2.33. The fraction of sp³-hybridized carbons (Fsp3) is 0.625. The molecule has 0 aromatic heterocycles. The number of aromatic hydroxyl groups is 1. The van der Waals surface area contributed by atoms with Crippen LogP contribution in [0.25, 0.3) is 0 Å². The number of nitrogens with zero attached hydrogens (tertiary/aromatic N) is 2. The maximum atomic E-state index is 11.2. The Labute approximate surface area is 136 Å². The van der Waals surface area contributed by atoms with Gasteiger partial charge in [-0.1, -0.05) is 6.42 Å². The van der Waals surface area contributed by atoms with Gasteiger partial charge in [0.15, 0.2) is 5.75 Å². The number of phenols is 1. The fourth-order valence-electron chi connectivity index (χ4n) is 3.59. The number of hydrogen-bond donors (Lipinski definition) is 2. The summed E-state index contributed by atoms with van der Waals surface area (Å²) in [5.41, 5.74) is 6.35. The van der Waals surface area contributed by atoms with Gasteiger partial charge in [0.1, 0.15) is 0 Å². The SMILES string of the molecule is COc1cc(C(CN)N2C(C)CCCC2C)cc([N+](=O)[O-])c1O. The molecule has 1 aromatic carbocycles. The van der Waals surface area contributed by atoms with Gasteiger partial charge in [0.2, 0.25) is 5.75 Å². The summed E-state index contributed by atoms with van der Waals surface area (Å²) in [4.78, 5) is 12.9. The summed E-state index contributed by atoms with van der Waals surface area (Å²) in [6.07, 6.45) is 3.34. The Morgan fingerprint density at radius 2 is 2.04 bits per heavy atom. The first-order valence-electron chi connectivity index (χ1n) is 7.93. The van der Waals surface area contributed by atoms with Crippen molar-refractivity contribution in [2.45, 2.75) is 51.2 Å². The van der Waals surface area contributed by atoms with Crippen molar-refractivity contribution >= 4 is 5.69 Å². The van der Waals surface area contributed by atoms with Crippen molar-refractivity contribution in [3.63, 3.8) is 0 Å². The van der Waals surface area contributed by atoms with E-state index in [-0.39, 0.29) is 17.5 Å². The first-order chi connectivity index (χ1) is 10.9. The van der Waals surface area contributed by atoms with E-state index in [1.165, 1.54) is 19.6 Å². The van der Waals surface area contributed by atoms with Gasteiger partial charge in [-0.25, -0.2) is 0 Å². The largest absolute Gasteiger partial charge is 0.500 e. The van der Waals surface area contributed by atoms with Crippen LogP contribution in [0.5, 0.6) is 11.5 Å². The third-order valence-corrected chi connectivity index (χ3v) is 4.72. The van der Waals surface area contributed by atoms with E-state index in [1.54, 1.807) is 6.07 Å². The van der Waals surface area contributed by atoms with Crippen LogP contribution >= 0.6 is 0 Å². The topological polar surface area (TPSA) is 102 Å². The van der Waals surface area contributed by atoms with Crippen molar-refractivity contribution in [1.29, 1.82) is 0 Å². The van der Waals surface area contributed by atoms with E-state index in [4.69, 9.17) is 10.5 Å². The number of benzene rings is 1. The van der Waals surface area contributed by atoms with Crippen LogP contribution in [-0.2, 0) is 0 Å². The molecule has 3 N–H and O–H groups in total. The molecule has 7 heteroatoms. The Bertz CT molecular complexity index is 569. The summed E-state index contributed by atoms with van der Waals surface area (Å²) < 4.78 is 5.10. The van der Waals surface area contributed by atoms with Crippen LogP contribution in [0.15, 0.2) is 12.1 Å². The minimum Gasteiger partial charge on any atom is -0.500 e. The van der Waals surface area contributed by atoms with Crippen LogP contribution in [0.1, 0.15) is 44.7 Å². The van der Waals surface area contributed by atoms with E-state index in [0.717, 1.165) is 12.8 Å². The lowest BCUT2D eigenvalue weighted by Gasteiger charge is -2.44. The lowest BCUT2D eigenvalue weighted by atomic mass is 9.92.